The van der Waals surface area contributed by atoms with Crippen molar-refractivity contribution in [2.45, 2.75) is 32.7 Å². The van der Waals surface area contributed by atoms with Gasteiger partial charge in [-0.05, 0) is 33.0 Å². The maximum absolute atomic E-state index is 14.8. The van der Waals surface area contributed by atoms with Gasteiger partial charge in [-0.2, -0.15) is 18.3 Å². The third kappa shape index (κ3) is 4.53. The summed E-state index contributed by atoms with van der Waals surface area (Å²) in [6.45, 7) is 4.53. The average molecular weight is 374 g/mol. The third-order valence-corrected chi connectivity index (χ3v) is 3.69. The quantitative estimate of drug-likeness (QED) is 0.729. The summed E-state index contributed by atoms with van der Waals surface area (Å²) in [7, 11) is 1.81. The van der Waals surface area contributed by atoms with Crippen LogP contribution in [0.25, 0.3) is 11.3 Å². The van der Waals surface area contributed by atoms with Crippen molar-refractivity contribution in [2.75, 3.05) is 20.1 Å². The molecule has 26 heavy (non-hydrogen) atoms. The Morgan fingerprint density at radius 3 is 2.58 bits per heavy atom. The van der Waals surface area contributed by atoms with Crippen molar-refractivity contribution < 1.29 is 22.3 Å². The number of ether oxygens (including phenoxy) is 1. The summed E-state index contributed by atoms with van der Waals surface area (Å²) in [6.07, 6.45) is -3.94. The molecule has 0 spiro atoms. The van der Waals surface area contributed by atoms with Crippen LogP contribution < -0.4 is 10.5 Å². The van der Waals surface area contributed by atoms with Gasteiger partial charge in [0.05, 0.1) is 18.0 Å². The van der Waals surface area contributed by atoms with Crippen molar-refractivity contribution in [1.82, 2.24) is 15.1 Å². The molecule has 0 bridgehead atoms. The summed E-state index contributed by atoms with van der Waals surface area (Å²) in [5.41, 5.74) is 4.64. The molecule has 3 N–H and O–H groups in total. The lowest BCUT2D eigenvalue weighted by Gasteiger charge is -2.19. The number of nitrogens with one attached hydrogen (secondary N) is 1. The summed E-state index contributed by atoms with van der Waals surface area (Å²) in [6, 6.07) is 2.40. The number of likely N-dealkylation sites (N-methyl/N-ethyl adjacent to an activating group) is 1. The predicted molar refractivity (Wildman–Crippen MR) is 90.1 cm³/mol. The molecule has 0 aliphatic heterocycles. The van der Waals surface area contributed by atoms with Crippen molar-refractivity contribution in [1.29, 1.82) is 0 Å². The molecule has 144 valence electrons. The first-order valence-corrected chi connectivity index (χ1v) is 8.12. The maximum Gasteiger partial charge on any atom is 0.422 e. The van der Waals surface area contributed by atoms with Crippen LogP contribution in [0.1, 0.15) is 25.0 Å². The highest BCUT2D eigenvalue weighted by Crippen LogP contribution is 2.42. The highest BCUT2D eigenvalue weighted by Gasteiger charge is 2.39. The lowest BCUT2D eigenvalue weighted by atomic mass is 10.0. The van der Waals surface area contributed by atoms with E-state index in [4.69, 9.17) is 10.5 Å². The van der Waals surface area contributed by atoms with Crippen LogP contribution in [0.3, 0.4) is 0 Å². The van der Waals surface area contributed by atoms with E-state index in [0.717, 1.165) is 6.07 Å². The van der Waals surface area contributed by atoms with Crippen LogP contribution >= 0.6 is 0 Å². The van der Waals surface area contributed by atoms with E-state index in [1.807, 2.05) is 4.90 Å². The molecule has 9 heteroatoms. The van der Waals surface area contributed by atoms with Crippen LogP contribution in [0, 0.1) is 5.82 Å². The second-order valence-corrected chi connectivity index (χ2v) is 6.26. The normalized spacial score (nSPS) is 12.2. The number of nitrogens with zero attached hydrogens (tertiary/aromatic N) is 2. The van der Waals surface area contributed by atoms with Gasteiger partial charge in [0, 0.05) is 30.8 Å². The van der Waals surface area contributed by atoms with Crippen LogP contribution in [-0.2, 0) is 12.7 Å². The number of alkyl halides is 3. The number of halogens is 4. The predicted octanol–water partition coefficient (Wildman–Crippen LogP) is 3.41. The van der Waals surface area contributed by atoms with Gasteiger partial charge >= 0.3 is 6.18 Å². The molecule has 0 atom stereocenters. The molecule has 2 aromatic rings. The molecule has 1 heterocycles. The van der Waals surface area contributed by atoms with E-state index in [0.29, 0.717) is 25.2 Å². The number of rotatable bonds is 7. The summed E-state index contributed by atoms with van der Waals surface area (Å²) >= 11 is 0. The molecule has 0 saturated carbocycles. The van der Waals surface area contributed by atoms with Crippen molar-refractivity contribution in [3.05, 3.63) is 35.3 Å². The summed E-state index contributed by atoms with van der Waals surface area (Å²) < 4.78 is 60.2. The standard InChI is InChI=1S/C17H22F4N4O/c1-10(2)26-13-5-4-12(15(18)14(13)17(19,20)21)16-11(8-23-24-16)9-25(3)7-6-22/h4-5,8,10H,6-7,9,22H2,1-3H3,(H,23,24). The number of nitrogens with two attached hydrogens (primary N) is 1. The molecular weight excluding hydrogens is 352 g/mol. The number of benzene rings is 1. The minimum Gasteiger partial charge on any atom is -0.490 e. The number of hydrogen-bond donors (Lipinski definition) is 2. The highest BCUT2D eigenvalue weighted by molar-refractivity contribution is 5.66. The third-order valence-electron chi connectivity index (χ3n) is 3.69. The minimum absolute atomic E-state index is 0.202. The zero-order valence-corrected chi connectivity index (χ0v) is 14.8. The van der Waals surface area contributed by atoms with E-state index in [1.165, 1.54) is 12.3 Å². The largest absolute Gasteiger partial charge is 0.490 e. The molecule has 0 radical (unpaired) electrons. The van der Waals surface area contributed by atoms with Gasteiger partial charge in [0.15, 0.2) is 0 Å². The van der Waals surface area contributed by atoms with E-state index >= 15 is 0 Å². The molecule has 5 nitrogen and oxygen atoms in total. The fourth-order valence-electron chi connectivity index (χ4n) is 2.62. The van der Waals surface area contributed by atoms with E-state index in [1.54, 1.807) is 20.9 Å². The molecule has 0 saturated heterocycles. The van der Waals surface area contributed by atoms with Gasteiger partial charge in [-0.1, -0.05) is 0 Å². The second-order valence-electron chi connectivity index (χ2n) is 6.26. The van der Waals surface area contributed by atoms with Crippen molar-refractivity contribution in [3.63, 3.8) is 0 Å². The van der Waals surface area contributed by atoms with Crippen LogP contribution in [-0.4, -0.2) is 41.3 Å². The molecule has 1 aromatic heterocycles. The molecule has 0 aliphatic rings. The van der Waals surface area contributed by atoms with Crippen LogP contribution in [0.5, 0.6) is 5.75 Å². The van der Waals surface area contributed by atoms with Crippen LogP contribution in [0.15, 0.2) is 18.3 Å². The lowest BCUT2D eigenvalue weighted by molar-refractivity contribution is -0.141. The fourth-order valence-corrected chi connectivity index (χ4v) is 2.62. The Morgan fingerprint density at radius 1 is 1.31 bits per heavy atom. The lowest BCUT2D eigenvalue weighted by Crippen LogP contribution is -2.25. The molecule has 1 aromatic carbocycles. The average Bonchev–Trinajstić information content (AvgIpc) is 2.93. The first-order chi connectivity index (χ1) is 12.1. The van der Waals surface area contributed by atoms with Crippen LogP contribution in [0.2, 0.25) is 0 Å². The summed E-state index contributed by atoms with van der Waals surface area (Å²) in [5, 5.41) is 6.45. The van der Waals surface area contributed by atoms with Gasteiger partial charge in [0.1, 0.15) is 17.1 Å². The minimum atomic E-state index is -4.89. The van der Waals surface area contributed by atoms with Gasteiger partial charge in [-0.25, -0.2) is 4.39 Å². The molecule has 0 unspecified atom stereocenters. The number of aromatic nitrogens is 2. The Bertz CT molecular complexity index is 743. The van der Waals surface area contributed by atoms with E-state index in [2.05, 4.69) is 10.2 Å². The molecule has 0 fully saturated rings. The molecular formula is C17H22F4N4O. The number of H-pyrrole nitrogens is 1. The summed E-state index contributed by atoms with van der Waals surface area (Å²) in [4.78, 5) is 1.87. The monoisotopic (exact) mass is 374 g/mol. The zero-order valence-electron chi connectivity index (χ0n) is 14.8. The second kappa shape index (κ2) is 8.05. The first-order valence-electron chi connectivity index (χ1n) is 8.12. The first kappa shape index (κ1) is 20.2. The van der Waals surface area contributed by atoms with Crippen molar-refractivity contribution >= 4 is 0 Å². The van der Waals surface area contributed by atoms with E-state index in [9.17, 15) is 17.6 Å². The van der Waals surface area contributed by atoms with E-state index in [-0.39, 0.29) is 11.3 Å². The van der Waals surface area contributed by atoms with Gasteiger partial charge in [-0.15, -0.1) is 0 Å². The Hall–Kier alpha value is -2.13. The molecule has 2 rings (SSSR count). The van der Waals surface area contributed by atoms with Crippen LogP contribution in [0.4, 0.5) is 17.6 Å². The topological polar surface area (TPSA) is 67.2 Å². The van der Waals surface area contributed by atoms with Crippen molar-refractivity contribution in [2.24, 2.45) is 5.73 Å². The van der Waals surface area contributed by atoms with Gasteiger partial charge < -0.3 is 15.4 Å². The highest BCUT2D eigenvalue weighted by atomic mass is 19.4. The van der Waals surface area contributed by atoms with Gasteiger partial charge in [-0.3, -0.25) is 5.10 Å². The summed E-state index contributed by atoms with van der Waals surface area (Å²) in [5.74, 6) is -1.92. The van der Waals surface area contributed by atoms with E-state index < -0.39 is 29.4 Å². The Kier molecular flexibility index (Phi) is 6.25. The van der Waals surface area contributed by atoms with Crippen molar-refractivity contribution in [3.8, 4) is 17.0 Å². The maximum atomic E-state index is 14.8. The number of aromatic amines is 1. The Balaban J connectivity index is 2.51. The molecule has 0 amide bonds. The Morgan fingerprint density at radius 2 is 2.00 bits per heavy atom. The van der Waals surface area contributed by atoms with Gasteiger partial charge in [0.25, 0.3) is 0 Å². The fraction of sp³-hybridized carbons (Fsp3) is 0.471. The number of hydrogen-bond acceptors (Lipinski definition) is 4. The molecule has 0 aliphatic carbocycles. The smallest absolute Gasteiger partial charge is 0.422 e. The zero-order chi connectivity index (χ0) is 19.5. The SMILES string of the molecule is CC(C)Oc1ccc(-c2[nH]ncc2CN(C)CCN)c(F)c1C(F)(F)F. The van der Waals surface area contributed by atoms with Gasteiger partial charge in [0.2, 0.25) is 0 Å². The Labute approximate surface area is 149 Å².